The summed E-state index contributed by atoms with van der Waals surface area (Å²) in [6, 6.07) is 9.74. The molecule has 3 heteroatoms. The van der Waals surface area contributed by atoms with Gasteiger partial charge in [0.05, 0.1) is 5.69 Å². The lowest BCUT2D eigenvalue weighted by Crippen LogP contribution is -2.18. The van der Waals surface area contributed by atoms with E-state index in [0.717, 1.165) is 17.8 Å². The van der Waals surface area contributed by atoms with E-state index in [-0.39, 0.29) is 5.56 Å². The average Bonchev–Trinajstić information content (AvgIpc) is 2.60. The number of nitrogens with zero attached hydrogens (tertiary/aromatic N) is 1. The van der Waals surface area contributed by atoms with Crippen LogP contribution in [0, 0.1) is 12.8 Å². The molecule has 0 spiro atoms. The molecule has 0 radical (unpaired) electrons. The quantitative estimate of drug-likeness (QED) is 0.865. The van der Waals surface area contributed by atoms with Crippen molar-refractivity contribution in [1.29, 1.82) is 0 Å². The van der Waals surface area contributed by atoms with E-state index >= 15 is 0 Å². The molecule has 1 aromatic carbocycles. The molecule has 0 saturated carbocycles. The summed E-state index contributed by atoms with van der Waals surface area (Å²) in [5.74, 6) is 0.455. The second-order valence-electron chi connectivity index (χ2n) is 4.83. The number of aryl methyl sites for hydroxylation is 1. The van der Waals surface area contributed by atoms with Crippen LogP contribution in [0.25, 0.3) is 11.3 Å². The van der Waals surface area contributed by atoms with Crippen LogP contribution in [0.1, 0.15) is 19.4 Å². The first kappa shape index (κ1) is 11.7. The summed E-state index contributed by atoms with van der Waals surface area (Å²) in [7, 11) is 0. The van der Waals surface area contributed by atoms with E-state index in [1.165, 1.54) is 5.56 Å². The first-order chi connectivity index (χ1) is 8.08. The van der Waals surface area contributed by atoms with Crippen molar-refractivity contribution in [3.05, 3.63) is 46.2 Å². The molecule has 1 N–H and O–H groups in total. The minimum absolute atomic E-state index is 0.0388. The van der Waals surface area contributed by atoms with Gasteiger partial charge in [0.1, 0.15) is 0 Å². The molecule has 90 valence electrons. The molecule has 1 heterocycles. The SMILES string of the molecule is Cc1ccccc1-c1cc(=O)n(CC(C)C)[nH]1. The predicted octanol–water partition coefficient (Wildman–Crippen LogP) is 2.81. The normalized spacial score (nSPS) is 11.1. The van der Waals surface area contributed by atoms with Gasteiger partial charge in [-0.25, -0.2) is 0 Å². The monoisotopic (exact) mass is 230 g/mol. The van der Waals surface area contributed by atoms with E-state index in [2.05, 4.69) is 18.9 Å². The van der Waals surface area contributed by atoms with Gasteiger partial charge in [-0.3, -0.25) is 14.6 Å². The lowest BCUT2D eigenvalue weighted by atomic mass is 10.1. The van der Waals surface area contributed by atoms with Crippen molar-refractivity contribution >= 4 is 0 Å². The van der Waals surface area contributed by atoms with Gasteiger partial charge in [0.2, 0.25) is 0 Å². The van der Waals surface area contributed by atoms with Gasteiger partial charge >= 0.3 is 0 Å². The summed E-state index contributed by atoms with van der Waals surface area (Å²) in [4.78, 5) is 11.8. The van der Waals surface area contributed by atoms with Crippen LogP contribution in [0.4, 0.5) is 0 Å². The Hall–Kier alpha value is -1.77. The Morgan fingerprint density at radius 2 is 2.00 bits per heavy atom. The molecule has 0 atom stereocenters. The van der Waals surface area contributed by atoms with Gasteiger partial charge in [-0.1, -0.05) is 38.1 Å². The summed E-state index contributed by atoms with van der Waals surface area (Å²) in [6.45, 7) is 6.97. The lowest BCUT2D eigenvalue weighted by molar-refractivity contribution is 0.474. The van der Waals surface area contributed by atoms with Crippen LogP contribution >= 0.6 is 0 Å². The molecule has 2 aromatic rings. The molecule has 0 aliphatic carbocycles. The van der Waals surface area contributed by atoms with E-state index in [1.54, 1.807) is 10.7 Å². The topological polar surface area (TPSA) is 37.8 Å². The summed E-state index contributed by atoms with van der Waals surface area (Å²) in [5.41, 5.74) is 3.20. The van der Waals surface area contributed by atoms with Gasteiger partial charge in [-0.2, -0.15) is 0 Å². The molecule has 0 amide bonds. The largest absolute Gasteiger partial charge is 0.295 e. The molecule has 0 saturated heterocycles. The second kappa shape index (κ2) is 4.62. The van der Waals surface area contributed by atoms with Crippen molar-refractivity contribution in [3.63, 3.8) is 0 Å². The number of rotatable bonds is 3. The molecular formula is C14H18N2O. The highest BCUT2D eigenvalue weighted by atomic mass is 16.1. The number of nitrogens with one attached hydrogen (secondary N) is 1. The molecule has 1 aromatic heterocycles. The number of aromatic amines is 1. The fourth-order valence-corrected chi connectivity index (χ4v) is 1.95. The van der Waals surface area contributed by atoms with Crippen LogP contribution in [0.15, 0.2) is 35.1 Å². The Morgan fingerprint density at radius 3 is 2.65 bits per heavy atom. The zero-order valence-electron chi connectivity index (χ0n) is 10.5. The van der Waals surface area contributed by atoms with Gasteiger partial charge < -0.3 is 0 Å². The summed E-state index contributed by atoms with van der Waals surface area (Å²) in [6.07, 6.45) is 0. The molecule has 0 aliphatic rings. The fraction of sp³-hybridized carbons (Fsp3) is 0.357. The molecule has 0 unspecified atom stereocenters. The highest BCUT2D eigenvalue weighted by Gasteiger charge is 2.07. The Balaban J connectivity index is 2.42. The molecule has 0 fully saturated rings. The Morgan fingerprint density at radius 1 is 1.29 bits per heavy atom. The number of H-pyrrole nitrogens is 1. The van der Waals surface area contributed by atoms with Crippen molar-refractivity contribution in [2.75, 3.05) is 0 Å². The van der Waals surface area contributed by atoms with Gasteiger partial charge in [0.25, 0.3) is 5.56 Å². The molecular weight excluding hydrogens is 212 g/mol. The van der Waals surface area contributed by atoms with E-state index in [4.69, 9.17) is 0 Å². The standard InChI is InChI=1S/C14H18N2O/c1-10(2)9-16-14(17)8-13(15-16)12-7-5-4-6-11(12)3/h4-8,10,15H,9H2,1-3H3. The number of hydrogen-bond acceptors (Lipinski definition) is 1. The summed E-state index contributed by atoms with van der Waals surface area (Å²) in [5, 5.41) is 3.17. The average molecular weight is 230 g/mol. The van der Waals surface area contributed by atoms with Crippen molar-refractivity contribution in [2.24, 2.45) is 5.92 Å². The van der Waals surface area contributed by atoms with E-state index in [1.807, 2.05) is 31.2 Å². The third kappa shape index (κ3) is 2.49. The second-order valence-corrected chi connectivity index (χ2v) is 4.83. The molecule has 2 rings (SSSR count). The van der Waals surface area contributed by atoms with Crippen LogP contribution in [-0.2, 0) is 6.54 Å². The maximum absolute atomic E-state index is 11.8. The third-order valence-electron chi connectivity index (χ3n) is 2.77. The Kier molecular flexibility index (Phi) is 3.18. The molecule has 0 aliphatic heterocycles. The minimum Gasteiger partial charge on any atom is -0.295 e. The zero-order valence-corrected chi connectivity index (χ0v) is 10.5. The van der Waals surface area contributed by atoms with Gasteiger partial charge in [-0.15, -0.1) is 0 Å². The first-order valence-corrected chi connectivity index (χ1v) is 5.94. The number of hydrogen-bond donors (Lipinski definition) is 1. The minimum atomic E-state index is 0.0388. The van der Waals surface area contributed by atoms with Crippen molar-refractivity contribution in [2.45, 2.75) is 27.3 Å². The highest BCUT2D eigenvalue weighted by molar-refractivity contribution is 5.62. The van der Waals surface area contributed by atoms with Crippen LogP contribution in [0.2, 0.25) is 0 Å². The maximum Gasteiger partial charge on any atom is 0.267 e. The van der Waals surface area contributed by atoms with Crippen molar-refractivity contribution < 1.29 is 0 Å². The van der Waals surface area contributed by atoms with E-state index in [0.29, 0.717) is 5.92 Å². The predicted molar refractivity (Wildman–Crippen MR) is 70.1 cm³/mol. The van der Waals surface area contributed by atoms with Gasteiger partial charge in [0, 0.05) is 18.2 Å². The van der Waals surface area contributed by atoms with Crippen LogP contribution in [0.3, 0.4) is 0 Å². The molecule has 0 bridgehead atoms. The summed E-state index contributed by atoms with van der Waals surface area (Å²) < 4.78 is 1.67. The zero-order chi connectivity index (χ0) is 12.4. The first-order valence-electron chi connectivity index (χ1n) is 5.94. The Bertz CT molecular complexity index is 564. The van der Waals surface area contributed by atoms with Crippen LogP contribution in [0.5, 0.6) is 0 Å². The van der Waals surface area contributed by atoms with Crippen molar-refractivity contribution in [1.82, 2.24) is 9.78 Å². The van der Waals surface area contributed by atoms with Crippen LogP contribution in [-0.4, -0.2) is 9.78 Å². The highest BCUT2D eigenvalue weighted by Crippen LogP contribution is 2.19. The van der Waals surface area contributed by atoms with E-state index < -0.39 is 0 Å². The smallest absolute Gasteiger partial charge is 0.267 e. The summed E-state index contributed by atoms with van der Waals surface area (Å²) >= 11 is 0. The number of aromatic nitrogens is 2. The third-order valence-corrected chi connectivity index (χ3v) is 2.77. The lowest BCUT2D eigenvalue weighted by Gasteiger charge is -2.06. The fourth-order valence-electron chi connectivity index (χ4n) is 1.95. The number of benzene rings is 1. The molecule has 3 nitrogen and oxygen atoms in total. The molecule has 17 heavy (non-hydrogen) atoms. The van der Waals surface area contributed by atoms with Crippen molar-refractivity contribution in [3.8, 4) is 11.3 Å². The van der Waals surface area contributed by atoms with Gasteiger partial charge in [0.15, 0.2) is 0 Å². The van der Waals surface area contributed by atoms with Gasteiger partial charge in [-0.05, 0) is 18.4 Å². The Labute approximate surface area is 101 Å². The van der Waals surface area contributed by atoms with Crippen LogP contribution < -0.4 is 5.56 Å². The van der Waals surface area contributed by atoms with E-state index in [9.17, 15) is 4.79 Å². The maximum atomic E-state index is 11.8.